The van der Waals surface area contributed by atoms with Gasteiger partial charge in [-0.15, -0.1) is 0 Å². The van der Waals surface area contributed by atoms with Crippen LogP contribution in [0.2, 0.25) is 0 Å². The molecule has 27 heavy (non-hydrogen) atoms. The van der Waals surface area contributed by atoms with Crippen LogP contribution in [0.3, 0.4) is 0 Å². The number of carbonyl (C=O) groups excluding carboxylic acids is 1. The summed E-state index contributed by atoms with van der Waals surface area (Å²) in [5, 5.41) is 10.9. The number of aliphatic hydroxyl groups excluding tert-OH is 1. The molecule has 1 unspecified atom stereocenters. The number of carbonyl (C=O) groups is 1. The molecule has 0 radical (unpaired) electrons. The number of aliphatic hydroxyl groups is 1. The predicted molar refractivity (Wildman–Crippen MR) is 105 cm³/mol. The summed E-state index contributed by atoms with van der Waals surface area (Å²) in [4.78, 5) is 20.8. The highest BCUT2D eigenvalue weighted by Crippen LogP contribution is 2.30. The summed E-state index contributed by atoms with van der Waals surface area (Å²) in [5.41, 5.74) is 9.26. The van der Waals surface area contributed by atoms with Gasteiger partial charge in [0.05, 0.1) is 37.2 Å². The number of benzene rings is 1. The standard InChI is InChI=1S/C20H26N4O3/c1-4-5-6-16-23-18-19(24(16)11-12(2)25)14-8-7-13(10-17(26)27-3)9-15(14)22-20(18)21/h7-9,12,25H,4-6,10-11H2,1-3H3,(H2,21,22). The van der Waals surface area contributed by atoms with Crippen molar-refractivity contribution in [3.8, 4) is 0 Å². The summed E-state index contributed by atoms with van der Waals surface area (Å²) < 4.78 is 6.79. The highest BCUT2D eigenvalue weighted by molar-refractivity contribution is 6.06. The van der Waals surface area contributed by atoms with Gasteiger partial charge in [-0.1, -0.05) is 25.5 Å². The summed E-state index contributed by atoms with van der Waals surface area (Å²) in [6, 6.07) is 5.68. The zero-order chi connectivity index (χ0) is 19.6. The number of nitrogens with zero attached hydrogens (tertiary/aromatic N) is 3. The van der Waals surface area contributed by atoms with Crippen molar-refractivity contribution in [3.05, 3.63) is 29.6 Å². The molecule has 0 spiro atoms. The first-order valence-corrected chi connectivity index (χ1v) is 9.26. The second-order valence-electron chi connectivity index (χ2n) is 6.89. The molecule has 0 aliphatic heterocycles. The first-order chi connectivity index (χ1) is 12.9. The van der Waals surface area contributed by atoms with Crippen molar-refractivity contribution in [2.24, 2.45) is 0 Å². The number of imidazole rings is 1. The summed E-state index contributed by atoms with van der Waals surface area (Å²) in [6.07, 6.45) is 2.56. The molecule has 0 saturated heterocycles. The predicted octanol–water partition coefficient (Wildman–Crippen LogP) is 2.61. The lowest BCUT2D eigenvalue weighted by Gasteiger charge is -2.13. The lowest BCUT2D eigenvalue weighted by Crippen LogP contribution is -2.14. The van der Waals surface area contributed by atoms with Gasteiger partial charge in [0.1, 0.15) is 11.3 Å². The minimum atomic E-state index is -0.509. The van der Waals surface area contributed by atoms with E-state index >= 15 is 0 Å². The molecule has 7 nitrogen and oxygen atoms in total. The number of hydrogen-bond acceptors (Lipinski definition) is 6. The molecule has 3 rings (SSSR count). The molecule has 1 aromatic carbocycles. The lowest BCUT2D eigenvalue weighted by atomic mass is 10.1. The normalized spacial score (nSPS) is 12.6. The molecule has 7 heteroatoms. The van der Waals surface area contributed by atoms with E-state index in [9.17, 15) is 9.90 Å². The van der Waals surface area contributed by atoms with Gasteiger partial charge < -0.3 is 20.1 Å². The molecule has 0 aliphatic rings. The van der Waals surface area contributed by atoms with E-state index in [0.717, 1.165) is 41.6 Å². The quantitative estimate of drug-likeness (QED) is 0.620. The van der Waals surface area contributed by atoms with Crippen molar-refractivity contribution in [1.29, 1.82) is 0 Å². The Bertz CT molecular complexity index is 978. The number of nitrogens with two attached hydrogens (primary N) is 1. The van der Waals surface area contributed by atoms with Gasteiger partial charge >= 0.3 is 5.97 Å². The Morgan fingerprint density at radius 3 is 2.81 bits per heavy atom. The number of aromatic nitrogens is 3. The molecule has 2 heterocycles. The van der Waals surface area contributed by atoms with Crippen molar-refractivity contribution in [1.82, 2.24) is 14.5 Å². The second-order valence-corrected chi connectivity index (χ2v) is 6.89. The summed E-state index contributed by atoms with van der Waals surface area (Å²) in [7, 11) is 1.37. The highest BCUT2D eigenvalue weighted by atomic mass is 16.5. The molecule has 2 aromatic heterocycles. The smallest absolute Gasteiger partial charge is 0.309 e. The Hall–Kier alpha value is -2.67. The van der Waals surface area contributed by atoms with Gasteiger partial charge in [-0.2, -0.15) is 0 Å². The third-order valence-electron chi connectivity index (χ3n) is 4.62. The highest BCUT2D eigenvalue weighted by Gasteiger charge is 2.18. The molecular weight excluding hydrogens is 344 g/mol. The molecular formula is C20H26N4O3. The topological polar surface area (TPSA) is 103 Å². The van der Waals surface area contributed by atoms with E-state index in [1.54, 1.807) is 6.92 Å². The van der Waals surface area contributed by atoms with E-state index in [4.69, 9.17) is 15.5 Å². The molecule has 3 N–H and O–H groups in total. The average molecular weight is 370 g/mol. The zero-order valence-corrected chi connectivity index (χ0v) is 16.0. The molecule has 0 aliphatic carbocycles. The Morgan fingerprint density at radius 2 is 2.15 bits per heavy atom. The number of pyridine rings is 1. The Balaban J connectivity index is 2.21. The van der Waals surface area contributed by atoms with Crippen LogP contribution in [-0.2, 0) is 28.9 Å². The van der Waals surface area contributed by atoms with Gasteiger partial charge in [0.15, 0.2) is 5.82 Å². The average Bonchev–Trinajstić information content (AvgIpc) is 2.98. The maximum absolute atomic E-state index is 11.6. The van der Waals surface area contributed by atoms with Crippen molar-refractivity contribution in [2.75, 3.05) is 12.8 Å². The maximum atomic E-state index is 11.6. The van der Waals surface area contributed by atoms with E-state index in [-0.39, 0.29) is 12.4 Å². The Morgan fingerprint density at radius 1 is 1.37 bits per heavy atom. The molecule has 0 bridgehead atoms. The van der Waals surface area contributed by atoms with E-state index in [0.29, 0.717) is 23.4 Å². The fourth-order valence-corrected chi connectivity index (χ4v) is 3.34. The first-order valence-electron chi connectivity index (χ1n) is 9.26. The van der Waals surface area contributed by atoms with Gasteiger partial charge in [-0.25, -0.2) is 9.97 Å². The SMILES string of the molecule is CCCCc1nc2c(N)nc3cc(CC(=O)OC)ccc3c2n1CC(C)O. The minimum absolute atomic E-state index is 0.181. The minimum Gasteiger partial charge on any atom is -0.469 e. The van der Waals surface area contributed by atoms with E-state index in [1.165, 1.54) is 7.11 Å². The van der Waals surface area contributed by atoms with Crippen LogP contribution in [0.15, 0.2) is 18.2 Å². The van der Waals surface area contributed by atoms with E-state index in [2.05, 4.69) is 16.5 Å². The summed E-state index contributed by atoms with van der Waals surface area (Å²) in [5.74, 6) is 0.964. The van der Waals surface area contributed by atoms with Crippen LogP contribution in [0.25, 0.3) is 21.9 Å². The fourth-order valence-electron chi connectivity index (χ4n) is 3.34. The number of anilines is 1. The van der Waals surface area contributed by atoms with Crippen LogP contribution in [-0.4, -0.2) is 38.8 Å². The van der Waals surface area contributed by atoms with Crippen LogP contribution in [0, 0.1) is 0 Å². The van der Waals surface area contributed by atoms with E-state index in [1.807, 2.05) is 18.2 Å². The number of nitrogen functional groups attached to an aromatic ring is 1. The largest absolute Gasteiger partial charge is 0.469 e. The number of ether oxygens (including phenoxy) is 1. The third-order valence-corrected chi connectivity index (χ3v) is 4.62. The van der Waals surface area contributed by atoms with Crippen molar-refractivity contribution in [3.63, 3.8) is 0 Å². The van der Waals surface area contributed by atoms with Crippen molar-refractivity contribution >= 4 is 33.7 Å². The monoisotopic (exact) mass is 370 g/mol. The first kappa shape index (κ1) is 19.1. The van der Waals surface area contributed by atoms with Gasteiger partial charge in [-0.05, 0) is 25.0 Å². The maximum Gasteiger partial charge on any atom is 0.309 e. The summed E-state index contributed by atoms with van der Waals surface area (Å²) >= 11 is 0. The van der Waals surface area contributed by atoms with Gasteiger partial charge in [0.25, 0.3) is 0 Å². The van der Waals surface area contributed by atoms with Crippen molar-refractivity contribution < 1.29 is 14.6 Å². The molecule has 0 fully saturated rings. The van der Waals surface area contributed by atoms with Crippen LogP contribution in [0.4, 0.5) is 5.82 Å². The van der Waals surface area contributed by atoms with Crippen LogP contribution in [0.1, 0.15) is 38.1 Å². The molecule has 1 atom stereocenters. The number of fused-ring (bicyclic) bond motifs is 3. The number of rotatable bonds is 7. The summed E-state index contributed by atoms with van der Waals surface area (Å²) in [6.45, 7) is 4.34. The molecule has 0 amide bonds. The number of methoxy groups -OCH3 is 1. The van der Waals surface area contributed by atoms with Crippen LogP contribution < -0.4 is 5.73 Å². The van der Waals surface area contributed by atoms with Crippen LogP contribution >= 0.6 is 0 Å². The van der Waals surface area contributed by atoms with Crippen molar-refractivity contribution in [2.45, 2.75) is 52.2 Å². The van der Waals surface area contributed by atoms with Gasteiger partial charge in [0, 0.05) is 11.8 Å². The van der Waals surface area contributed by atoms with Gasteiger partial charge in [-0.3, -0.25) is 4.79 Å². The van der Waals surface area contributed by atoms with E-state index < -0.39 is 6.10 Å². The number of esters is 1. The van der Waals surface area contributed by atoms with Crippen LogP contribution in [0.5, 0.6) is 0 Å². The van der Waals surface area contributed by atoms with Gasteiger partial charge in [0.2, 0.25) is 0 Å². The molecule has 144 valence electrons. The number of aryl methyl sites for hydroxylation is 1. The Labute approximate surface area is 158 Å². The number of unbranched alkanes of at least 4 members (excludes halogenated alkanes) is 1. The number of hydrogen-bond donors (Lipinski definition) is 2. The zero-order valence-electron chi connectivity index (χ0n) is 16.0. The molecule has 0 saturated carbocycles. The lowest BCUT2D eigenvalue weighted by molar-refractivity contribution is -0.139. The molecule has 3 aromatic rings. The third kappa shape index (κ3) is 3.88. The fraction of sp³-hybridized carbons (Fsp3) is 0.450. The second kappa shape index (κ2) is 7.92. The Kier molecular flexibility index (Phi) is 5.60.